The molecule has 0 aliphatic heterocycles. The Labute approximate surface area is 113 Å². The van der Waals surface area contributed by atoms with Gasteiger partial charge in [-0.05, 0) is 54.6 Å². The van der Waals surface area contributed by atoms with Crippen molar-refractivity contribution < 1.29 is 9.59 Å². The summed E-state index contributed by atoms with van der Waals surface area (Å²) in [5.41, 5.74) is 10.6. The summed E-state index contributed by atoms with van der Waals surface area (Å²) in [5.74, 6) is -0.969. The van der Waals surface area contributed by atoms with Crippen molar-refractivity contribution in [3.8, 4) is 0 Å². The number of benzene rings is 1. The summed E-state index contributed by atoms with van der Waals surface area (Å²) in [7, 11) is 0. The number of rotatable bonds is 3. The summed E-state index contributed by atoms with van der Waals surface area (Å²) in [6.07, 6.45) is 0. The number of nitrogens with one attached hydrogen (secondary N) is 1. The molecule has 0 bridgehead atoms. The van der Waals surface area contributed by atoms with Crippen molar-refractivity contribution in [1.82, 2.24) is 5.32 Å². The van der Waals surface area contributed by atoms with E-state index in [9.17, 15) is 9.59 Å². The van der Waals surface area contributed by atoms with E-state index in [2.05, 4.69) is 27.9 Å². The van der Waals surface area contributed by atoms with Gasteiger partial charge in [-0.2, -0.15) is 0 Å². The van der Waals surface area contributed by atoms with Crippen molar-refractivity contribution in [3.63, 3.8) is 0 Å². The predicted molar refractivity (Wildman–Crippen MR) is 74.3 cm³/mol. The monoisotopic (exact) mass is 347 g/mol. The number of halogens is 1. The van der Waals surface area contributed by atoms with Gasteiger partial charge in [0.05, 0.1) is 0 Å². The Hall–Kier alpha value is -1.31. The molecule has 5 N–H and O–H groups in total. The van der Waals surface area contributed by atoms with E-state index in [0.717, 1.165) is 3.57 Å². The second-order valence-electron chi connectivity index (χ2n) is 4.22. The minimum absolute atomic E-state index is 0.376. The second-order valence-corrected chi connectivity index (χ2v) is 5.46. The minimum Gasteiger partial charge on any atom is -0.399 e. The lowest BCUT2D eigenvalue weighted by Crippen LogP contribution is -2.53. The molecule has 0 aromatic heterocycles. The smallest absolute Gasteiger partial charge is 0.252 e. The molecular weight excluding hydrogens is 333 g/mol. The molecule has 0 radical (unpaired) electrons. The van der Waals surface area contributed by atoms with Crippen LogP contribution >= 0.6 is 22.6 Å². The number of hydrogen-bond acceptors (Lipinski definition) is 3. The quantitative estimate of drug-likeness (QED) is 0.559. The summed E-state index contributed by atoms with van der Waals surface area (Å²) in [4.78, 5) is 23.0. The molecular formula is C11H14IN3O2. The Kier molecular flexibility index (Phi) is 3.97. The predicted octanol–water partition coefficient (Wildman–Crippen LogP) is 0.867. The molecule has 0 aliphatic rings. The lowest BCUT2D eigenvalue weighted by atomic mass is 10.0. The first-order valence-corrected chi connectivity index (χ1v) is 5.99. The molecule has 0 spiro atoms. The van der Waals surface area contributed by atoms with Crippen LogP contribution in [-0.4, -0.2) is 17.4 Å². The first-order valence-electron chi connectivity index (χ1n) is 4.91. The molecule has 1 rings (SSSR count). The van der Waals surface area contributed by atoms with Crippen molar-refractivity contribution in [2.45, 2.75) is 19.4 Å². The molecule has 0 atom stereocenters. The number of primary amides is 1. The molecule has 0 aliphatic carbocycles. The van der Waals surface area contributed by atoms with Crippen LogP contribution in [0.4, 0.5) is 5.69 Å². The fourth-order valence-electron chi connectivity index (χ4n) is 1.16. The summed E-state index contributed by atoms with van der Waals surface area (Å²) < 4.78 is 0.852. The van der Waals surface area contributed by atoms with E-state index in [0.29, 0.717) is 11.3 Å². The maximum absolute atomic E-state index is 11.9. The summed E-state index contributed by atoms with van der Waals surface area (Å²) in [6.45, 7) is 3.09. The highest BCUT2D eigenvalue weighted by Gasteiger charge is 2.27. The van der Waals surface area contributed by atoms with Gasteiger partial charge in [0.1, 0.15) is 5.54 Å². The van der Waals surface area contributed by atoms with Crippen LogP contribution in [0.1, 0.15) is 24.2 Å². The standard InChI is InChI=1S/C11H14IN3O2/c1-11(2,10(14)17)15-9(16)6-3-7(12)5-8(13)4-6/h3-5H,13H2,1-2H3,(H2,14,17)(H,15,16). The Morgan fingerprint density at radius 1 is 1.29 bits per heavy atom. The first kappa shape index (κ1) is 13.8. The molecule has 92 valence electrons. The first-order chi connectivity index (χ1) is 7.72. The van der Waals surface area contributed by atoms with Crippen molar-refractivity contribution in [3.05, 3.63) is 27.3 Å². The highest BCUT2D eigenvalue weighted by Crippen LogP contribution is 2.15. The molecule has 1 aromatic rings. The summed E-state index contributed by atoms with van der Waals surface area (Å²) in [6, 6.07) is 4.98. The number of nitrogens with two attached hydrogens (primary N) is 2. The lowest BCUT2D eigenvalue weighted by molar-refractivity contribution is -0.122. The SMILES string of the molecule is CC(C)(NC(=O)c1cc(N)cc(I)c1)C(N)=O. The van der Waals surface area contributed by atoms with Crippen LogP contribution < -0.4 is 16.8 Å². The van der Waals surface area contributed by atoms with Crippen molar-refractivity contribution in [1.29, 1.82) is 0 Å². The van der Waals surface area contributed by atoms with Gasteiger partial charge in [-0.25, -0.2) is 0 Å². The maximum Gasteiger partial charge on any atom is 0.252 e. The molecule has 6 heteroatoms. The highest BCUT2D eigenvalue weighted by molar-refractivity contribution is 14.1. The topological polar surface area (TPSA) is 98.2 Å². The van der Waals surface area contributed by atoms with Gasteiger partial charge in [0.25, 0.3) is 5.91 Å². The molecule has 0 fully saturated rings. The van der Waals surface area contributed by atoms with Crippen LogP contribution in [0.2, 0.25) is 0 Å². The third kappa shape index (κ3) is 3.58. The van der Waals surface area contributed by atoms with Crippen molar-refractivity contribution >= 4 is 40.1 Å². The molecule has 5 nitrogen and oxygen atoms in total. The highest BCUT2D eigenvalue weighted by atomic mass is 127. The second kappa shape index (κ2) is 4.91. The van der Waals surface area contributed by atoms with Gasteiger partial charge in [0.15, 0.2) is 0 Å². The Morgan fingerprint density at radius 3 is 2.35 bits per heavy atom. The fourth-order valence-corrected chi connectivity index (χ4v) is 1.86. The zero-order chi connectivity index (χ0) is 13.2. The Bertz CT molecular complexity index is 452. The van der Waals surface area contributed by atoms with Crippen LogP contribution in [-0.2, 0) is 4.79 Å². The maximum atomic E-state index is 11.9. The van der Waals surface area contributed by atoms with Gasteiger partial charge in [-0.3, -0.25) is 9.59 Å². The van der Waals surface area contributed by atoms with Crippen LogP contribution in [0.25, 0.3) is 0 Å². The van der Waals surface area contributed by atoms with Gasteiger partial charge in [0.2, 0.25) is 5.91 Å². The minimum atomic E-state index is -1.09. The third-order valence-corrected chi connectivity index (χ3v) is 2.85. The molecule has 2 amide bonds. The van der Waals surface area contributed by atoms with Gasteiger partial charge >= 0.3 is 0 Å². The molecule has 0 saturated carbocycles. The number of carbonyl (C=O) groups excluding carboxylic acids is 2. The van der Waals surface area contributed by atoms with Gasteiger partial charge in [-0.15, -0.1) is 0 Å². The van der Waals surface area contributed by atoms with Crippen molar-refractivity contribution in [2.75, 3.05) is 5.73 Å². The number of anilines is 1. The van der Waals surface area contributed by atoms with Crippen LogP contribution in [0.5, 0.6) is 0 Å². The fraction of sp³-hybridized carbons (Fsp3) is 0.273. The van der Waals surface area contributed by atoms with Crippen LogP contribution in [0.15, 0.2) is 18.2 Å². The lowest BCUT2D eigenvalue weighted by Gasteiger charge is -2.22. The average molecular weight is 347 g/mol. The van der Waals surface area contributed by atoms with Gasteiger partial charge in [0, 0.05) is 14.8 Å². The van der Waals surface area contributed by atoms with E-state index in [4.69, 9.17) is 11.5 Å². The average Bonchev–Trinajstić information content (AvgIpc) is 2.15. The Morgan fingerprint density at radius 2 is 1.88 bits per heavy atom. The largest absolute Gasteiger partial charge is 0.399 e. The van der Waals surface area contributed by atoms with E-state index in [-0.39, 0.29) is 5.91 Å². The number of nitrogen functional groups attached to an aromatic ring is 1. The zero-order valence-electron chi connectivity index (χ0n) is 9.58. The van der Waals surface area contributed by atoms with Gasteiger partial charge < -0.3 is 16.8 Å². The number of hydrogen-bond donors (Lipinski definition) is 3. The molecule has 1 aromatic carbocycles. The summed E-state index contributed by atoms with van der Waals surface area (Å²) in [5, 5.41) is 2.55. The third-order valence-electron chi connectivity index (χ3n) is 2.22. The molecule has 17 heavy (non-hydrogen) atoms. The van der Waals surface area contributed by atoms with E-state index < -0.39 is 11.4 Å². The van der Waals surface area contributed by atoms with Gasteiger partial charge in [-0.1, -0.05) is 0 Å². The van der Waals surface area contributed by atoms with E-state index in [1.54, 1.807) is 32.0 Å². The molecule has 0 heterocycles. The van der Waals surface area contributed by atoms with Crippen LogP contribution in [0, 0.1) is 3.57 Å². The normalized spacial score (nSPS) is 11.0. The van der Waals surface area contributed by atoms with E-state index in [1.165, 1.54) is 0 Å². The number of amides is 2. The van der Waals surface area contributed by atoms with E-state index >= 15 is 0 Å². The molecule has 0 unspecified atom stereocenters. The van der Waals surface area contributed by atoms with Crippen molar-refractivity contribution in [2.24, 2.45) is 5.73 Å². The molecule has 0 saturated heterocycles. The number of carbonyl (C=O) groups is 2. The summed E-state index contributed by atoms with van der Waals surface area (Å²) >= 11 is 2.06. The van der Waals surface area contributed by atoms with E-state index in [1.807, 2.05) is 0 Å². The Balaban J connectivity index is 2.94. The van der Waals surface area contributed by atoms with Crippen LogP contribution in [0.3, 0.4) is 0 Å². The zero-order valence-corrected chi connectivity index (χ0v) is 11.7.